The maximum absolute atomic E-state index is 13.0. The summed E-state index contributed by atoms with van der Waals surface area (Å²) in [7, 11) is -8.14. The molecule has 24 heteroatoms. The number of rotatable bonds is 9. The molecular weight excluding hydrogens is 634 g/mol. The van der Waals surface area contributed by atoms with Gasteiger partial charge in [0.05, 0.1) is 18.8 Å². The zero-order chi connectivity index (χ0) is 31.1. The average molecular weight is 657 g/mol. The number of aliphatic hydroxyl groups excluding tert-OH is 1. The van der Waals surface area contributed by atoms with Gasteiger partial charge in [0.2, 0.25) is 5.95 Å². The van der Waals surface area contributed by atoms with Crippen LogP contribution >= 0.6 is 16.1 Å². The monoisotopic (exact) mass is 657 g/mol. The van der Waals surface area contributed by atoms with Crippen molar-refractivity contribution in [2.45, 2.75) is 55.0 Å². The third kappa shape index (κ3) is 4.76. The van der Waals surface area contributed by atoms with Crippen molar-refractivity contribution >= 4 is 50.2 Å². The smallest absolute Gasteiger partial charge is 0.388 e. The minimum Gasteiger partial charge on any atom is -0.388 e. The normalized spacial score (nSPS) is 32.0. The van der Waals surface area contributed by atoms with Gasteiger partial charge in [0.25, 0.3) is 5.56 Å². The SMILES string of the molecule is Nc1nc2c(ncn2C2OC3C(OP(=O)(O)O)C3(O)C2O[P+](=O)OCC2CC(O)C(n3cnc4c(N)ncnc43)O2)c(=O)[nH]1. The lowest BCUT2D eigenvalue weighted by Gasteiger charge is -2.23. The number of anilines is 2. The van der Waals surface area contributed by atoms with Crippen molar-refractivity contribution in [2.24, 2.45) is 0 Å². The molecule has 0 radical (unpaired) electrons. The van der Waals surface area contributed by atoms with Gasteiger partial charge in [0, 0.05) is 11.0 Å². The third-order valence-electron chi connectivity index (χ3n) is 7.45. The summed E-state index contributed by atoms with van der Waals surface area (Å²) in [5, 5.41) is 21.9. The number of nitrogens with two attached hydrogens (primary N) is 2. The second-order valence-corrected chi connectivity index (χ2v) is 12.3. The van der Waals surface area contributed by atoms with Crippen molar-refractivity contribution in [1.29, 1.82) is 0 Å². The van der Waals surface area contributed by atoms with Gasteiger partial charge in [0.15, 0.2) is 46.8 Å². The van der Waals surface area contributed by atoms with Crippen molar-refractivity contribution in [3.05, 3.63) is 29.3 Å². The number of phosphoric acid groups is 1. The predicted molar refractivity (Wildman–Crippen MR) is 141 cm³/mol. The summed E-state index contributed by atoms with van der Waals surface area (Å²) in [4.78, 5) is 53.2. The van der Waals surface area contributed by atoms with Gasteiger partial charge < -0.3 is 40.9 Å². The third-order valence-corrected chi connectivity index (χ3v) is 8.71. The van der Waals surface area contributed by atoms with Crippen LogP contribution in [0.15, 0.2) is 23.8 Å². The first-order chi connectivity index (χ1) is 20.8. The van der Waals surface area contributed by atoms with Crippen LogP contribution in [0.3, 0.4) is 0 Å². The number of aromatic nitrogens is 8. The second-order valence-electron chi connectivity index (χ2n) is 10.2. The number of imidazole rings is 2. The fraction of sp³-hybridized carbons (Fsp3) is 0.500. The van der Waals surface area contributed by atoms with Crippen LogP contribution in [0.5, 0.6) is 0 Å². The number of nitrogen functional groups attached to an aromatic ring is 2. The summed E-state index contributed by atoms with van der Waals surface area (Å²) in [5.41, 5.74) is 9.05. The summed E-state index contributed by atoms with van der Waals surface area (Å²) in [6, 6.07) is 0. The average Bonchev–Trinajstić information content (AvgIpc) is 3.50. The van der Waals surface area contributed by atoms with Crippen LogP contribution in [-0.4, -0.2) is 102 Å². The van der Waals surface area contributed by atoms with Gasteiger partial charge in [-0.3, -0.25) is 23.4 Å². The van der Waals surface area contributed by atoms with E-state index in [4.69, 9.17) is 30.0 Å². The molecule has 3 aliphatic rings. The molecule has 2 aliphatic heterocycles. The van der Waals surface area contributed by atoms with Crippen LogP contribution in [-0.2, 0) is 32.2 Å². The van der Waals surface area contributed by atoms with E-state index in [0.717, 1.165) is 6.33 Å². The molecule has 4 aromatic rings. The Morgan fingerprint density at radius 1 is 1.09 bits per heavy atom. The Balaban J connectivity index is 1.08. The number of hydrogen-bond donors (Lipinski definition) is 7. The number of aliphatic hydroxyl groups is 2. The molecule has 4 aromatic heterocycles. The lowest BCUT2D eigenvalue weighted by Crippen LogP contribution is -2.38. The molecule has 0 aromatic carbocycles. The number of nitrogens with one attached hydrogen (secondary N) is 1. The Labute approximate surface area is 244 Å². The van der Waals surface area contributed by atoms with Crippen LogP contribution in [0, 0.1) is 0 Å². The molecule has 2 saturated heterocycles. The molecule has 1 saturated carbocycles. The zero-order valence-corrected chi connectivity index (χ0v) is 23.7. The number of nitrogens with zero attached hydrogens (tertiary/aromatic N) is 7. The lowest BCUT2D eigenvalue weighted by atomic mass is 10.1. The largest absolute Gasteiger partial charge is 0.698 e. The molecule has 1 aliphatic carbocycles. The maximum Gasteiger partial charge on any atom is 0.698 e. The molecule has 0 bridgehead atoms. The fourth-order valence-corrected chi connectivity index (χ4v) is 6.84. The Morgan fingerprint density at radius 3 is 2.57 bits per heavy atom. The molecule has 3 fully saturated rings. The van der Waals surface area contributed by atoms with Crippen LogP contribution < -0.4 is 17.0 Å². The minimum atomic E-state index is -5.08. The van der Waals surface area contributed by atoms with Crippen molar-refractivity contribution in [3.63, 3.8) is 0 Å². The topological polar surface area (TPSA) is 320 Å². The van der Waals surface area contributed by atoms with Crippen molar-refractivity contribution in [1.82, 2.24) is 39.0 Å². The van der Waals surface area contributed by atoms with Crippen molar-refractivity contribution < 1.29 is 52.2 Å². The van der Waals surface area contributed by atoms with E-state index in [1.165, 1.54) is 21.8 Å². The zero-order valence-electron chi connectivity index (χ0n) is 21.9. The van der Waals surface area contributed by atoms with Gasteiger partial charge >= 0.3 is 16.1 Å². The fourth-order valence-electron chi connectivity index (χ4n) is 5.46. The Kier molecular flexibility index (Phi) is 6.81. The number of ether oxygens (including phenoxy) is 2. The highest BCUT2D eigenvalue weighted by Crippen LogP contribution is 2.62. The first-order valence-electron chi connectivity index (χ1n) is 12.7. The van der Waals surface area contributed by atoms with Gasteiger partial charge in [-0.25, -0.2) is 24.5 Å². The molecule has 234 valence electrons. The van der Waals surface area contributed by atoms with E-state index in [2.05, 4.69) is 34.4 Å². The van der Waals surface area contributed by atoms with E-state index in [1.54, 1.807) is 0 Å². The standard InChI is InChI=1S/C20H22N10O12P2/c21-13-8-14(24-3-23-13)29(4-25-8)17-7(31)1-6(39-17)2-38-43(34)41-12-18(40-10-11(20(10,12)33)42-44(35,36)37)30-5-26-9-15(30)27-19(22)28-16(9)32/h3-7,10-12,17-18,31,33H,1-2H2,(H6-,21,22,23,24,27,28,32,35,36,37)/p+1. The van der Waals surface area contributed by atoms with E-state index < -0.39 is 70.2 Å². The van der Waals surface area contributed by atoms with Crippen LogP contribution in [0.1, 0.15) is 18.9 Å². The molecule has 0 amide bonds. The molecule has 7 rings (SSSR count). The van der Waals surface area contributed by atoms with E-state index in [9.17, 15) is 33.9 Å². The van der Waals surface area contributed by atoms with Crippen molar-refractivity contribution in [2.75, 3.05) is 18.1 Å². The molecular formula is C20H23N10O12P2+. The van der Waals surface area contributed by atoms with Crippen LogP contribution in [0.2, 0.25) is 0 Å². The minimum absolute atomic E-state index is 0.0656. The molecule has 22 nitrogen and oxygen atoms in total. The first kappa shape index (κ1) is 29.2. The van der Waals surface area contributed by atoms with E-state index in [0.29, 0.717) is 11.2 Å². The number of hydrogen-bond acceptors (Lipinski definition) is 17. The summed E-state index contributed by atoms with van der Waals surface area (Å²) in [5.74, 6) is -0.107. The van der Waals surface area contributed by atoms with Gasteiger partial charge in [-0.1, -0.05) is 0 Å². The lowest BCUT2D eigenvalue weighted by molar-refractivity contribution is -0.0855. The number of fused-ring (bicyclic) bond motifs is 3. The summed E-state index contributed by atoms with van der Waals surface area (Å²) < 4.78 is 54.3. The van der Waals surface area contributed by atoms with Crippen LogP contribution in [0.4, 0.5) is 11.8 Å². The molecule has 9 N–H and O–H groups in total. The van der Waals surface area contributed by atoms with Gasteiger partial charge in [0.1, 0.15) is 36.8 Å². The van der Waals surface area contributed by atoms with Crippen molar-refractivity contribution in [3.8, 4) is 0 Å². The van der Waals surface area contributed by atoms with E-state index in [-0.39, 0.29) is 36.0 Å². The maximum atomic E-state index is 13.0. The van der Waals surface area contributed by atoms with Gasteiger partial charge in [-0.2, -0.15) is 4.98 Å². The van der Waals surface area contributed by atoms with Gasteiger partial charge in [-0.05, 0) is 0 Å². The highest BCUT2D eigenvalue weighted by molar-refractivity contribution is 7.46. The number of H-pyrrole nitrogens is 1. The molecule has 44 heavy (non-hydrogen) atoms. The summed E-state index contributed by atoms with van der Waals surface area (Å²) in [6.07, 6.45) is -4.77. The summed E-state index contributed by atoms with van der Waals surface area (Å²) >= 11 is 0. The highest BCUT2D eigenvalue weighted by atomic mass is 31.2. The molecule has 0 spiro atoms. The highest BCUT2D eigenvalue weighted by Gasteiger charge is 2.81. The molecule has 9 atom stereocenters. The Bertz CT molecular complexity index is 1900. The summed E-state index contributed by atoms with van der Waals surface area (Å²) in [6.45, 7) is -0.337. The first-order valence-corrected chi connectivity index (χ1v) is 15.3. The number of aromatic amines is 1. The Hall–Kier alpha value is -3.53. The van der Waals surface area contributed by atoms with E-state index >= 15 is 0 Å². The quantitative estimate of drug-likeness (QED) is 0.0952. The van der Waals surface area contributed by atoms with Gasteiger partial charge in [-0.15, -0.1) is 9.05 Å². The van der Waals surface area contributed by atoms with Crippen LogP contribution in [0.25, 0.3) is 22.3 Å². The molecule has 9 unspecified atom stereocenters. The van der Waals surface area contributed by atoms with E-state index in [1.807, 2.05) is 0 Å². The Morgan fingerprint density at radius 2 is 1.82 bits per heavy atom. The molecule has 6 heterocycles. The second kappa shape index (κ2) is 10.3. The number of phosphoric ester groups is 1. The predicted octanol–water partition coefficient (Wildman–Crippen LogP) is -2.05.